The minimum atomic E-state index is -1.20. The van der Waals surface area contributed by atoms with Crippen LogP contribution in [-0.2, 0) is 26.3 Å². The van der Waals surface area contributed by atoms with Gasteiger partial charge >= 0.3 is 12.0 Å². The van der Waals surface area contributed by atoms with E-state index in [1.807, 2.05) is 17.9 Å². The second-order valence-electron chi connectivity index (χ2n) is 10.9. The van der Waals surface area contributed by atoms with Gasteiger partial charge in [-0.1, -0.05) is 6.92 Å². The number of nitrogens with zero attached hydrogens (tertiary/aromatic N) is 4. The van der Waals surface area contributed by atoms with Crippen molar-refractivity contribution >= 4 is 29.3 Å². The van der Waals surface area contributed by atoms with Crippen molar-refractivity contribution in [1.82, 2.24) is 9.88 Å². The summed E-state index contributed by atoms with van der Waals surface area (Å²) in [7, 11) is 0. The number of benzene rings is 1. The Morgan fingerprint density at radius 3 is 2.69 bits per heavy atom. The van der Waals surface area contributed by atoms with Crippen LogP contribution in [0.15, 0.2) is 30.5 Å². The molecule has 3 amide bonds. The SMILES string of the molecule is CCC1(N2CCC[C@@H](N(C(N)=O)c3ccc(C#N)nc3)C2)C(=O)Nc2c(CC(=O)OC(C)(C)C)cc(F)cc21. The first-order valence-corrected chi connectivity index (χ1v) is 13.0. The van der Waals surface area contributed by atoms with Crippen LogP contribution >= 0.6 is 0 Å². The third-order valence-corrected chi connectivity index (χ3v) is 7.19. The van der Waals surface area contributed by atoms with Crippen molar-refractivity contribution in [2.75, 3.05) is 23.3 Å². The standard InChI is InChI=1S/C28H33FN6O4/c1-5-28(22-13-18(29)11-17(24(22)33-25(28)37)12-23(36)39-27(2,3)4)34-10-6-7-21(16-34)35(26(31)38)20-9-8-19(14-30)32-15-20/h8-9,11,13,15,21H,5-7,10,12,16H2,1-4H3,(H2,31,38)(H,33,37)/t21-,28?/m1/s1. The first-order valence-electron chi connectivity index (χ1n) is 13.0. The minimum absolute atomic E-state index is 0.193. The molecular formula is C28H33FN6O4. The third kappa shape index (κ3) is 5.43. The number of nitrogens with one attached hydrogen (secondary N) is 1. The van der Waals surface area contributed by atoms with Gasteiger partial charge in [-0.3, -0.25) is 19.4 Å². The van der Waals surface area contributed by atoms with E-state index in [0.717, 1.165) is 0 Å². The maximum absolute atomic E-state index is 15.0. The van der Waals surface area contributed by atoms with Crippen LogP contribution in [0.3, 0.4) is 0 Å². The Morgan fingerprint density at radius 2 is 2.10 bits per heavy atom. The molecule has 1 aromatic heterocycles. The highest BCUT2D eigenvalue weighted by Gasteiger charge is 2.52. The zero-order valence-electron chi connectivity index (χ0n) is 22.6. The van der Waals surface area contributed by atoms with E-state index in [1.54, 1.807) is 26.8 Å². The number of esters is 1. The van der Waals surface area contributed by atoms with Crippen molar-refractivity contribution in [3.8, 4) is 6.07 Å². The Labute approximate surface area is 226 Å². The van der Waals surface area contributed by atoms with Crippen molar-refractivity contribution < 1.29 is 23.5 Å². The van der Waals surface area contributed by atoms with Gasteiger partial charge in [-0.25, -0.2) is 14.2 Å². The Kier molecular flexibility index (Phi) is 7.61. The van der Waals surface area contributed by atoms with Gasteiger partial charge in [-0.05, 0) is 76.4 Å². The van der Waals surface area contributed by atoms with Crippen LogP contribution in [0.1, 0.15) is 63.8 Å². The number of hydrogen-bond donors (Lipinski definition) is 2. The first-order chi connectivity index (χ1) is 18.4. The highest BCUT2D eigenvalue weighted by atomic mass is 19.1. The number of rotatable bonds is 6. The molecule has 1 unspecified atom stereocenters. The lowest BCUT2D eigenvalue weighted by Gasteiger charge is -2.46. The molecule has 1 saturated heterocycles. The second-order valence-corrected chi connectivity index (χ2v) is 10.9. The fourth-order valence-electron chi connectivity index (χ4n) is 5.66. The number of urea groups is 1. The molecular weight excluding hydrogens is 503 g/mol. The fourth-order valence-corrected chi connectivity index (χ4v) is 5.66. The van der Waals surface area contributed by atoms with Crippen LogP contribution in [-0.4, -0.2) is 52.5 Å². The van der Waals surface area contributed by atoms with Gasteiger partial charge in [0.05, 0.1) is 30.0 Å². The molecule has 2 aromatic rings. The Balaban J connectivity index is 1.69. The van der Waals surface area contributed by atoms with E-state index >= 15 is 0 Å². The number of primary amides is 1. The zero-order valence-corrected chi connectivity index (χ0v) is 22.6. The molecule has 2 atom stereocenters. The highest BCUT2D eigenvalue weighted by Crippen LogP contribution is 2.46. The molecule has 2 aliphatic rings. The average molecular weight is 537 g/mol. The number of fused-ring (bicyclic) bond motifs is 1. The number of carbonyl (C=O) groups is 3. The number of likely N-dealkylation sites (tertiary alicyclic amines) is 1. The normalized spacial score (nSPS) is 21.0. The predicted octanol–water partition coefficient (Wildman–Crippen LogP) is 3.58. The molecule has 3 N–H and O–H groups in total. The Hall–Kier alpha value is -4.04. The van der Waals surface area contributed by atoms with Crippen LogP contribution in [0.2, 0.25) is 0 Å². The van der Waals surface area contributed by atoms with Crippen LogP contribution in [0, 0.1) is 17.1 Å². The van der Waals surface area contributed by atoms with Gasteiger partial charge in [0.2, 0.25) is 5.91 Å². The van der Waals surface area contributed by atoms with Crippen molar-refractivity contribution in [3.63, 3.8) is 0 Å². The lowest BCUT2D eigenvalue weighted by Crippen LogP contribution is -2.59. The van der Waals surface area contributed by atoms with Crippen LogP contribution < -0.4 is 16.0 Å². The van der Waals surface area contributed by atoms with Crippen LogP contribution in [0.5, 0.6) is 0 Å². The van der Waals surface area contributed by atoms with Crippen LogP contribution in [0.25, 0.3) is 0 Å². The molecule has 206 valence electrons. The fraction of sp³-hybridized carbons (Fsp3) is 0.464. The van der Waals surface area contributed by atoms with E-state index in [-0.39, 0.29) is 24.1 Å². The number of carbonyl (C=O) groups excluding carboxylic acids is 3. The van der Waals surface area contributed by atoms with E-state index in [1.165, 1.54) is 29.3 Å². The summed E-state index contributed by atoms with van der Waals surface area (Å²) in [6.07, 6.45) is 2.85. The van der Waals surface area contributed by atoms with Gasteiger partial charge in [-0.2, -0.15) is 5.26 Å². The predicted molar refractivity (Wildman–Crippen MR) is 142 cm³/mol. The largest absolute Gasteiger partial charge is 0.460 e. The molecule has 0 bridgehead atoms. The van der Waals surface area contributed by atoms with E-state index in [4.69, 9.17) is 15.7 Å². The smallest absolute Gasteiger partial charge is 0.319 e. The average Bonchev–Trinajstić information content (AvgIpc) is 3.15. The number of hydrogen-bond acceptors (Lipinski definition) is 7. The van der Waals surface area contributed by atoms with Gasteiger partial charge in [0, 0.05) is 12.1 Å². The summed E-state index contributed by atoms with van der Waals surface area (Å²) < 4.78 is 20.4. The summed E-state index contributed by atoms with van der Waals surface area (Å²) in [5.41, 5.74) is 5.74. The minimum Gasteiger partial charge on any atom is -0.460 e. The number of piperidine rings is 1. The molecule has 0 spiro atoms. The summed E-state index contributed by atoms with van der Waals surface area (Å²) >= 11 is 0. The number of nitriles is 1. The molecule has 10 nitrogen and oxygen atoms in total. The monoisotopic (exact) mass is 536 g/mol. The molecule has 11 heteroatoms. The van der Waals surface area contributed by atoms with Gasteiger partial charge in [0.25, 0.3) is 0 Å². The summed E-state index contributed by atoms with van der Waals surface area (Å²) in [5.74, 6) is -1.40. The molecule has 0 aliphatic carbocycles. The van der Waals surface area contributed by atoms with Crippen molar-refractivity contribution in [2.45, 2.75) is 70.6 Å². The summed E-state index contributed by atoms with van der Waals surface area (Å²) in [5, 5.41) is 12.0. The lowest BCUT2D eigenvalue weighted by molar-refractivity contribution is -0.153. The zero-order chi connectivity index (χ0) is 28.5. The number of halogens is 1. The molecule has 0 radical (unpaired) electrons. The molecule has 1 fully saturated rings. The van der Waals surface area contributed by atoms with E-state index in [2.05, 4.69) is 10.3 Å². The summed E-state index contributed by atoms with van der Waals surface area (Å²) in [4.78, 5) is 46.2. The van der Waals surface area contributed by atoms with Gasteiger partial charge < -0.3 is 15.8 Å². The van der Waals surface area contributed by atoms with Crippen molar-refractivity contribution in [1.29, 1.82) is 5.26 Å². The third-order valence-electron chi connectivity index (χ3n) is 7.19. The number of ether oxygens (including phenoxy) is 1. The van der Waals surface area contributed by atoms with Crippen molar-refractivity contribution in [3.05, 3.63) is 53.1 Å². The van der Waals surface area contributed by atoms with Gasteiger partial charge in [-0.15, -0.1) is 0 Å². The van der Waals surface area contributed by atoms with E-state index in [0.29, 0.717) is 54.9 Å². The Morgan fingerprint density at radius 1 is 1.36 bits per heavy atom. The quantitative estimate of drug-likeness (QED) is 0.538. The molecule has 2 aliphatic heterocycles. The molecule has 3 heterocycles. The highest BCUT2D eigenvalue weighted by molar-refractivity contribution is 6.07. The number of anilines is 2. The maximum Gasteiger partial charge on any atom is 0.319 e. The first kappa shape index (κ1) is 28.0. The molecule has 1 aromatic carbocycles. The topological polar surface area (TPSA) is 142 Å². The van der Waals surface area contributed by atoms with Gasteiger partial charge in [0.1, 0.15) is 28.7 Å². The molecule has 4 rings (SSSR count). The number of aromatic nitrogens is 1. The van der Waals surface area contributed by atoms with Crippen LogP contribution in [0.4, 0.5) is 20.6 Å². The number of pyridine rings is 1. The maximum atomic E-state index is 15.0. The van der Waals surface area contributed by atoms with E-state index in [9.17, 15) is 18.8 Å². The molecule has 0 saturated carbocycles. The number of nitrogens with two attached hydrogens (primary N) is 1. The summed E-state index contributed by atoms with van der Waals surface area (Å²) in [6.45, 7) is 7.94. The second kappa shape index (κ2) is 10.6. The summed E-state index contributed by atoms with van der Waals surface area (Å²) in [6, 6.07) is 6.59. The molecule has 39 heavy (non-hydrogen) atoms. The number of amides is 3. The van der Waals surface area contributed by atoms with E-state index < -0.39 is 29.0 Å². The Bertz CT molecular complexity index is 1330. The van der Waals surface area contributed by atoms with Gasteiger partial charge in [0.15, 0.2) is 0 Å². The van der Waals surface area contributed by atoms with Crippen molar-refractivity contribution in [2.24, 2.45) is 5.73 Å². The lowest BCUT2D eigenvalue weighted by atomic mass is 9.83.